The van der Waals surface area contributed by atoms with Crippen molar-refractivity contribution in [3.05, 3.63) is 36.0 Å². The normalized spacial score (nSPS) is 12.8. The first-order valence-electron chi connectivity index (χ1n) is 5.57. The molecular weight excluding hydrogens is 232 g/mol. The number of hydrogen-bond donors (Lipinski definition) is 2. The molecule has 90 valence electrons. The molecule has 0 aliphatic heterocycles. The molecule has 0 bridgehead atoms. The Bertz CT molecular complexity index is 514. The van der Waals surface area contributed by atoms with Gasteiger partial charge in [-0.2, -0.15) is 11.8 Å². The lowest BCUT2D eigenvalue weighted by molar-refractivity contribution is 0.480. The minimum atomic E-state index is 0.210. The number of benzene rings is 1. The Balaban J connectivity index is 2.26. The fourth-order valence-electron chi connectivity index (χ4n) is 1.70. The summed E-state index contributed by atoms with van der Waals surface area (Å²) >= 11 is 1.80. The monoisotopic (exact) mass is 248 g/mol. The average Bonchev–Trinajstić information content (AvgIpc) is 2.32. The van der Waals surface area contributed by atoms with E-state index in [0.717, 1.165) is 16.9 Å². The smallest absolute Gasteiger partial charge is 0.141 e. The van der Waals surface area contributed by atoms with Crippen molar-refractivity contribution in [2.24, 2.45) is 5.73 Å². The van der Waals surface area contributed by atoms with E-state index < -0.39 is 0 Å². The second kappa shape index (κ2) is 5.38. The number of rotatable bonds is 4. The van der Waals surface area contributed by atoms with Gasteiger partial charge in [0.15, 0.2) is 0 Å². The van der Waals surface area contributed by atoms with Gasteiger partial charge >= 0.3 is 0 Å². The molecule has 0 saturated carbocycles. The number of aromatic nitrogens is 1. The van der Waals surface area contributed by atoms with E-state index in [4.69, 9.17) is 5.73 Å². The maximum atomic E-state index is 9.72. The van der Waals surface area contributed by atoms with Crippen LogP contribution in [0.1, 0.15) is 12.5 Å². The van der Waals surface area contributed by atoms with Gasteiger partial charge in [0.2, 0.25) is 0 Å². The average molecular weight is 248 g/mol. The molecule has 0 amide bonds. The van der Waals surface area contributed by atoms with Gasteiger partial charge < -0.3 is 10.8 Å². The van der Waals surface area contributed by atoms with Crippen LogP contribution >= 0.6 is 11.8 Å². The van der Waals surface area contributed by atoms with E-state index in [1.165, 1.54) is 5.56 Å². The largest absolute Gasteiger partial charge is 0.506 e. The zero-order valence-electron chi connectivity index (χ0n) is 9.76. The van der Waals surface area contributed by atoms with Crippen molar-refractivity contribution >= 4 is 22.7 Å². The van der Waals surface area contributed by atoms with Crippen LogP contribution in [0.25, 0.3) is 10.9 Å². The SMILES string of the molecule is C[C@H](N)CSCc1ccc(O)c2ncccc12. The highest BCUT2D eigenvalue weighted by molar-refractivity contribution is 7.98. The summed E-state index contributed by atoms with van der Waals surface area (Å²) in [4.78, 5) is 4.20. The molecule has 0 spiro atoms. The number of fused-ring (bicyclic) bond motifs is 1. The lowest BCUT2D eigenvalue weighted by atomic mass is 10.1. The highest BCUT2D eigenvalue weighted by atomic mass is 32.2. The van der Waals surface area contributed by atoms with Crippen LogP contribution in [0.15, 0.2) is 30.5 Å². The predicted molar refractivity (Wildman–Crippen MR) is 73.2 cm³/mol. The van der Waals surface area contributed by atoms with Gasteiger partial charge in [-0.25, -0.2) is 0 Å². The number of thioether (sulfide) groups is 1. The van der Waals surface area contributed by atoms with E-state index in [1.54, 1.807) is 24.0 Å². The van der Waals surface area contributed by atoms with E-state index in [0.29, 0.717) is 5.52 Å². The van der Waals surface area contributed by atoms with Crippen LogP contribution in [-0.4, -0.2) is 21.9 Å². The Labute approximate surface area is 105 Å². The second-order valence-electron chi connectivity index (χ2n) is 4.14. The molecule has 1 atom stereocenters. The van der Waals surface area contributed by atoms with Gasteiger partial charge in [0.25, 0.3) is 0 Å². The lowest BCUT2D eigenvalue weighted by Gasteiger charge is -2.08. The molecule has 0 unspecified atom stereocenters. The van der Waals surface area contributed by atoms with E-state index in [2.05, 4.69) is 4.98 Å². The van der Waals surface area contributed by atoms with E-state index in [-0.39, 0.29) is 11.8 Å². The zero-order valence-corrected chi connectivity index (χ0v) is 10.6. The summed E-state index contributed by atoms with van der Waals surface area (Å²) in [5.74, 6) is 2.06. The van der Waals surface area contributed by atoms with Crippen molar-refractivity contribution in [1.82, 2.24) is 4.98 Å². The van der Waals surface area contributed by atoms with Crippen molar-refractivity contribution < 1.29 is 5.11 Å². The number of nitrogens with zero attached hydrogens (tertiary/aromatic N) is 1. The van der Waals surface area contributed by atoms with E-state index in [9.17, 15) is 5.11 Å². The Morgan fingerprint density at radius 1 is 1.41 bits per heavy atom. The Morgan fingerprint density at radius 2 is 2.24 bits per heavy atom. The van der Waals surface area contributed by atoms with Crippen molar-refractivity contribution in [2.75, 3.05) is 5.75 Å². The molecule has 1 aromatic heterocycles. The summed E-state index contributed by atoms with van der Waals surface area (Å²) in [7, 11) is 0. The van der Waals surface area contributed by atoms with Crippen LogP contribution in [0.3, 0.4) is 0 Å². The zero-order chi connectivity index (χ0) is 12.3. The third kappa shape index (κ3) is 2.90. The molecule has 1 aromatic carbocycles. The van der Waals surface area contributed by atoms with Crippen molar-refractivity contribution in [1.29, 1.82) is 0 Å². The standard InChI is InChI=1S/C13H16N2OS/c1-9(14)7-17-8-10-4-5-12(16)13-11(10)3-2-6-15-13/h2-6,9,16H,7-8,14H2,1H3/t9-/m0/s1. The van der Waals surface area contributed by atoms with Gasteiger partial charge in [-0.15, -0.1) is 0 Å². The summed E-state index contributed by atoms with van der Waals surface area (Å²) in [5, 5.41) is 10.7. The molecule has 17 heavy (non-hydrogen) atoms. The molecule has 1 heterocycles. The van der Waals surface area contributed by atoms with Gasteiger partial charge in [0, 0.05) is 29.1 Å². The maximum absolute atomic E-state index is 9.72. The number of aromatic hydroxyl groups is 1. The summed E-state index contributed by atoms with van der Waals surface area (Å²) in [6.45, 7) is 2.00. The van der Waals surface area contributed by atoms with Crippen LogP contribution in [0, 0.1) is 0 Å². The Morgan fingerprint density at radius 3 is 3.00 bits per heavy atom. The fourth-order valence-corrected chi connectivity index (χ4v) is 2.66. The number of phenols is 1. The van der Waals surface area contributed by atoms with Crippen LogP contribution in [-0.2, 0) is 5.75 Å². The van der Waals surface area contributed by atoms with Gasteiger partial charge in [-0.05, 0) is 24.6 Å². The number of nitrogens with two attached hydrogens (primary N) is 1. The maximum Gasteiger partial charge on any atom is 0.141 e. The molecule has 4 heteroatoms. The van der Waals surface area contributed by atoms with Crippen LogP contribution in [0.4, 0.5) is 0 Å². The van der Waals surface area contributed by atoms with Crippen LogP contribution in [0.2, 0.25) is 0 Å². The van der Waals surface area contributed by atoms with Gasteiger partial charge in [0.05, 0.1) is 0 Å². The quantitative estimate of drug-likeness (QED) is 0.873. The van der Waals surface area contributed by atoms with Crippen molar-refractivity contribution in [3.8, 4) is 5.75 Å². The topological polar surface area (TPSA) is 59.1 Å². The highest BCUT2D eigenvalue weighted by Gasteiger charge is 2.06. The first kappa shape index (κ1) is 12.2. The summed E-state index contributed by atoms with van der Waals surface area (Å²) < 4.78 is 0. The highest BCUT2D eigenvalue weighted by Crippen LogP contribution is 2.27. The number of hydrogen-bond acceptors (Lipinski definition) is 4. The fraction of sp³-hybridized carbons (Fsp3) is 0.308. The lowest BCUT2D eigenvalue weighted by Crippen LogP contribution is -2.17. The number of pyridine rings is 1. The first-order chi connectivity index (χ1) is 8.18. The molecule has 2 rings (SSSR count). The van der Waals surface area contributed by atoms with E-state index >= 15 is 0 Å². The van der Waals surface area contributed by atoms with Gasteiger partial charge in [-0.1, -0.05) is 12.1 Å². The molecule has 0 aliphatic carbocycles. The third-order valence-electron chi connectivity index (χ3n) is 2.48. The molecule has 0 fully saturated rings. The molecule has 0 radical (unpaired) electrons. The molecular formula is C13H16N2OS. The van der Waals surface area contributed by atoms with Gasteiger partial charge in [-0.3, -0.25) is 4.98 Å². The van der Waals surface area contributed by atoms with Crippen molar-refractivity contribution in [3.63, 3.8) is 0 Å². The third-order valence-corrected chi connectivity index (χ3v) is 3.75. The Kier molecular flexibility index (Phi) is 3.86. The summed E-state index contributed by atoms with van der Waals surface area (Å²) in [6, 6.07) is 7.75. The molecule has 2 aromatic rings. The molecule has 3 nitrogen and oxygen atoms in total. The molecule has 3 N–H and O–H groups in total. The predicted octanol–water partition coefficient (Wildman–Crippen LogP) is 2.52. The number of phenolic OH excluding ortho intramolecular Hbond substituents is 1. The molecule has 0 saturated heterocycles. The summed E-state index contributed by atoms with van der Waals surface area (Å²) in [6.07, 6.45) is 1.70. The van der Waals surface area contributed by atoms with Gasteiger partial charge in [0.1, 0.15) is 11.3 Å². The van der Waals surface area contributed by atoms with Crippen LogP contribution in [0.5, 0.6) is 5.75 Å². The van der Waals surface area contributed by atoms with Crippen molar-refractivity contribution in [2.45, 2.75) is 18.7 Å². The summed E-state index contributed by atoms with van der Waals surface area (Å²) in [5.41, 5.74) is 7.58. The molecule has 0 aliphatic rings. The Hall–Kier alpha value is -1.26. The minimum Gasteiger partial charge on any atom is -0.506 e. The second-order valence-corrected chi connectivity index (χ2v) is 5.17. The minimum absolute atomic E-state index is 0.210. The van der Waals surface area contributed by atoms with Crippen LogP contribution < -0.4 is 5.73 Å². The first-order valence-corrected chi connectivity index (χ1v) is 6.73. The van der Waals surface area contributed by atoms with E-state index in [1.807, 2.05) is 25.1 Å².